The van der Waals surface area contributed by atoms with Crippen molar-refractivity contribution in [2.75, 3.05) is 6.61 Å². The zero-order valence-corrected chi connectivity index (χ0v) is 19.6. The fourth-order valence-electron chi connectivity index (χ4n) is 4.30. The molecule has 1 nitrogen and oxygen atoms in total. The van der Waals surface area contributed by atoms with Crippen LogP contribution in [0.5, 0.6) is 0 Å². The quantitative estimate of drug-likeness (QED) is 0.239. The molecule has 4 heteroatoms. The molecule has 1 rings (SSSR count). The number of hydrogen-bond donors (Lipinski definition) is 0. The number of unbranched alkanes of at least 4 members (excludes halogenated alkanes) is 7. The molecule has 0 N–H and O–H groups in total. The number of aryl methyl sites for hydroxylation is 1. The summed E-state index contributed by atoms with van der Waals surface area (Å²) in [6.07, 6.45) is 9.70. The van der Waals surface area contributed by atoms with Crippen molar-refractivity contribution in [1.82, 2.24) is 0 Å². The first-order valence-corrected chi connectivity index (χ1v) is 12.0. The van der Waals surface area contributed by atoms with Gasteiger partial charge >= 0.3 is 6.18 Å². The number of ether oxygens (including phenoxy) is 1. The largest absolute Gasteiger partial charge is 0.416 e. The Kier molecular flexibility index (Phi) is 12.7. The van der Waals surface area contributed by atoms with Crippen molar-refractivity contribution in [3.05, 3.63) is 35.4 Å². The fourth-order valence-corrected chi connectivity index (χ4v) is 4.30. The molecule has 1 unspecified atom stereocenters. The lowest BCUT2D eigenvalue weighted by molar-refractivity contribution is -0.137. The number of rotatable bonds is 16. The first-order valence-electron chi connectivity index (χ1n) is 12.0. The van der Waals surface area contributed by atoms with Crippen molar-refractivity contribution < 1.29 is 17.9 Å². The maximum atomic E-state index is 12.9. The Morgan fingerprint density at radius 1 is 0.833 bits per heavy atom. The number of alkyl halides is 3. The molecule has 0 heterocycles. The van der Waals surface area contributed by atoms with Crippen molar-refractivity contribution in [3.63, 3.8) is 0 Å². The molecule has 0 amide bonds. The molecular formula is C26H43F3O. The first kappa shape index (κ1) is 27.0. The molecule has 0 aliphatic carbocycles. The summed E-state index contributed by atoms with van der Waals surface area (Å²) in [5, 5.41) is 0. The Morgan fingerprint density at radius 3 is 2.03 bits per heavy atom. The normalized spacial score (nSPS) is 13.6. The Balaban J connectivity index is 2.41. The van der Waals surface area contributed by atoms with Gasteiger partial charge in [-0.25, -0.2) is 0 Å². The third-order valence-electron chi connectivity index (χ3n) is 6.18. The Hall–Kier alpha value is -1.03. The van der Waals surface area contributed by atoms with Crippen LogP contribution < -0.4 is 0 Å². The summed E-state index contributed by atoms with van der Waals surface area (Å²) >= 11 is 0. The van der Waals surface area contributed by atoms with E-state index in [0.29, 0.717) is 12.3 Å². The van der Waals surface area contributed by atoms with Gasteiger partial charge in [-0.1, -0.05) is 76.5 Å². The summed E-state index contributed by atoms with van der Waals surface area (Å²) in [7, 11) is 0. The van der Waals surface area contributed by atoms with Gasteiger partial charge in [0.1, 0.15) is 0 Å². The highest BCUT2D eigenvalue weighted by Gasteiger charge is 2.30. The van der Waals surface area contributed by atoms with Crippen LogP contribution in [-0.2, 0) is 17.3 Å². The maximum absolute atomic E-state index is 12.9. The molecule has 1 aromatic rings. The Labute approximate surface area is 182 Å². The van der Waals surface area contributed by atoms with E-state index >= 15 is 0 Å². The van der Waals surface area contributed by atoms with Crippen molar-refractivity contribution >= 4 is 0 Å². The molecule has 0 spiro atoms. The summed E-state index contributed by atoms with van der Waals surface area (Å²) in [6.45, 7) is 9.45. The van der Waals surface area contributed by atoms with Crippen molar-refractivity contribution in [1.29, 1.82) is 0 Å². The fraction of sp³-hybridized carbons (Fsp3) is 0.769. The summed E-state index contributed by atoms with van der Waals surface area (Å²) in [6, 6.07) is 5.75. The molecular weight excluding hydrogens is 385 g/mol. The lowest BCUT2D eigenvalue weighted by Gasteiger charge is -2.34. The molecule has 174 valence electrons. The van der Waals surface area contributed by atoms with Gasteiger partial charge in [0, 0.05) is 6.61 Å². The maximum Gasteiger partial charge on any atom is 0.416 e. The van der Waals surface area contributed by atoms with Gasteiger partial charge in [-0.15, -0.1) is 0 Å². The number of halogens is 3. The van der Waals surface area contributed by atoms with Crippen LogP contribution in [0.3, 0.4) is 0 Å². The first-order chi connectivity index (χ1) is 14.2. The van der Waals surface area contributed by atoms with Crippen LogP contribution in [0, 0.1) is 5.92 Å². The predicted molar refractivity (Wildman–Crippen MR) is 121 cm³/mol. The van der Waals surface area contributed by atoms with Gasteiger partial charge in [0.05, 0.1) is 11.2 Å². The minimum absolute atomic E-state index is 0.112. The molecule has 0 saturated carbocycles. The van der Waals surface area contributed by atoms with Gasteiger partial charge in [-0.2, -0.15) is 13.2 Å². The number of hydrogen-bond acceptors (Lipinski definition) is 1. The molecule has 30 heavy (non-hydrogen) atoms. The molecule has 0 bridgehead atoms. The highest BCUT2D eigenvalue weighted by atomic mass is 19.4. The third kappa shape index (κ3) is 10.8. The zero-order chi connectivity index (χ0) is 22.5. The Bertz CT molecular complexity index is 566. The standard InChI is InChI=1S/C26H43F3O/c1-5-7-8-9-10-13-18-23(25(3,4)30-6-2)19-14-11-12-16-22-17-15-20-24(21-22)26(27,28)29/h15,17,20-21,23H,5-14,16,18-19H2,1-4H3. The van der Waals surface area contributed by atoms with Gasteiger partial charge in [0.25, 0.3) is 0 Å². The van der Waals surface area contributed by atoms with Gasteiger partial charge < -0.3 is 4.74 Å². The van der Waals surface area contributed by atoms with Crippen LogP contribution in [0.25, 0.3) is 0 Å². The van der Waals surface area contributed by atoms with Crippen LogP contribution in [0.1, 0.15) is 109 Å². The molecule has 0 radical (unpaired) electrons. The van der Waals surface area contributed by atoms with Crippen LogP contribution in [-0.4, -0.2) is 12.2 Å². The number of benzene rings is 1. The molecule has 0 saturated heterocycles. The van der Waals surface area contributed by atoms with E-state index in [1.165, 1.54) is 57.1 Å². The summed E-state index contributed by atoms with van der Waals surface area (Å²) in [5.41, 5.74) is 0.125. The van der Waals surface area contributed by atoms with E-state index in [9.17, 15) is 13.2 Å². The van der Waals surface area contributed by atoms with E-state index in [4.69, 9.17) is 4.74 Å². The lowest BCUT2D eigenvalue weighted by Crippen LogP contribution is -2.34. The molecule has 0 aromatic heterocycles. The molecule has 1 atom stereocenters. The second-order valence-corrected chi connectivity index (χ2v) is 9.09. The molecule has 0 aliphatic heterocycles. The van der Waals surface area contributed by atoms with E-state index < -0.39 is 11.7 Å². The summed E-state index contributed by atoms with van der Waals surface area (Å²) < 4.78 is 44.6. The zero-order valence-electron chi connectivity index (χ0n) is 19.6. The molecule has 0 aliphatic rings. The van der Waals surface area contributed by atoms with Gasteiger partial charge in [-0.3, -0.25) is 0 Å². The van der Waals surface area contributed by atoms with Gasteiger partial charge in [-0.05, 0) is 64.0 Å². The lowest BCUT2D eigenvalue weighted by atomic mass is 9.82. The average molecular weight is 429 g/mol. The minimum atomic E-state index is -4.26. The van der Waals surface area contributed by atoms with E-state index in [1.807, 2.05) is 0 Å². The highest BCUT2D eigenvalue weighted by molar-refractivity contribution is 5.25. The second kappa shape index (κ2) is 14.1. The van der Waals surface area contributed by atoms with E-state index in [1.54, 1.807) is 6.07 Å². The third-order valence-corrected chi connectivity index (χ3v) is 6.18. The van der Waals surface area contributed by atoms with Crippen LogP contribution >= 0.6 is 0 Å². The van der Waals surface area contributed by atoms with Gasteiger partial charge in [0.15, 0.2) is 0 Å². The predicted octanol–water partition coefficient (Wildman–Crippen LogP) is 8.99. The van der Waals surface area contributed by atoms with Crippen LogP contribution in [0.15, 0.2) is 24.3 Å². The van der Waals surface area contributed by atoms with Crippen molar-refractivity contribution in [3.8, 4) is 0 Å². The molecule has 0 fully saturated rings. The summed E-state index contributed by atoms with van der Waals surface area (Å²) in [4.78, 5) is 0. The second-order valence-electron chi connectivity index (χ2n) is 9.09. The molecule has 1 aromatic carbocycles. The van der Waals surface area contributed by atoms with E-state index in [-0.39, 0.29) is 5.60 Å². The van der Waals surface area contributed by atoms with Crippen molar-refractivity contribution in [2.45, 2.75) is 117 Å². The van der Waals surface area contributed by atoms with E-state index in [0.717, 1.165) is 43.9 Å². The topological polar surface area (TPSA) is 9.23 Å². The average Bonchev–Trinajstić information content (AvgIpc) is 2.68. The summed E-state index contributed by atoms with van der Waals surface area (Å²) in [5.74, 6) is 0.539. The van der Waals surface area contributed by atoms with Crippen LogP contribution in [0.2, 0.25) is 0 Å². The monoisotopic (exact) mass is 428 g/mol. The SMILES string of the molecule is CCCCCCCCC(CCCCCc1cccc(C(F)(F)F)c1)C(C)(C)OCC. The minimum Gasteiger partial charge on any atom is -0.376 e. The Morgan fingerprint density at radius 2 is 1.43 bits per heavy atom. The van der Waals surface area contributed by atoms with E-state index in [2.05, 4.69) is 27.7 Å². The van der Waals surface area contributed by atoms with Gasteiger partial charge in [0.2, 0.25) is 0 Å². The van der Waals surface area contributed by atoms with Crippen LogP contribution in [0.4, 0.5) is 13.2 Å². The van der Waals surface area contributed by atoms with Crippen molar-refractivity contribution in [2.24, 2.45) is 5.92 Å². The smallest absolute Gasteiger partial charge is 0.376 e. The highest BCUT2D eigenvalue weighted by Crippen LogP contribution is 2.32.